The van der Waals surface area contributed by atoms with Crippen LogP contribution < -0.4 is 0 Å². The van der Waals surface area contributed by atoms with Gasteiger partial charge in [-0.2, -0.15) is 0 Å². The van der Waals surface area contributed by atoms with Crippen molar-refractivity contribution in [3.8, 4) is 56.4 Å². The van der Waals surface area contributed by atoms with Gasteiger partial charge in [-0.05, 0) is 28.8 Å². The van der Waals surface area contributed by atoms with Crippen LogP contribution in [0.5, 0.6) is 0 Å². The van der Waals surface area contributed by atoms with Crippen LogP contribution in [0.3, 0.4) is 0 Å². The van der Waals surface area contributed by atoms with E-state index in [9.17, 15) is 0 Å². The molecule has 0 aliphatic carbocycles. The highest BCUT2D eigenvalue weighted by Gasteiger charge is 2.19. The van der Waals surface area contributed by atoms with Crippen molar-refractivity contribution < 1.29 is 4.42 Å². The van der Waals surface area contributed by atoms with Crippen molar-refractivity contribution >= 4 is 21.9 Å². The van der Waals surface area contributed by atoms with Gasteiger partial charge in [-0.3, -0.25) is 0 Å². The Hall–Kier alpha value is -5.87. The lowest BCUT2D eigenvalue weighted by Crippen LogP contribution is -2.00. The highest BCUT2D eigenvalue weighted by Crippen LogP contribution is 2.40. The van der Waals surface area contributed by atoms with Crippen molar-refractivity contribution in [2.75, 3.05) is 0 Å². The smallest absolute Gasteiger partial charge is 0.164 e. The van der Waals surface area contributed by atoms with E-state index in [4.69, 9.17) is 19.4 Å². The van der Waals surface area contributed by atoms with Crippen LogP contribution in [-0.2, 0) is 0 Å². The van der Waals surface area contributed by atoms with Crippen molar-refractivity contribution in [2.24, 2.45) is 0 Å². The van der Waals surface area contributed by atoms with Gasteiger partial charge in [0.1, 0.15) is 11.2 Å². The Kier molecular flexibility index (Phi) is 6.08. The zero-order valence-corrected chi connectivity index (χ0v) is 23.2. The Balaban J connectivity index is 1.35. The molecule has 0 atom stereocenters. The Labute approximate surface area is 249 Å². The molecule has 0 fully saturated rings. The minimum Gasteiger partial charge on any atom is -0.455 e. The first-order valence-electron chi connectivity index (χ1n) is 14.3. The van der Waals surface area contributed by atoms with Gasteiger partial charge in [0.05, 0.1) is 0 Å². The molecule has 2 aromatic heterocycles. The molecule has 6 aromatic carbocycles. The molecule has 0 amide bonds. The summed E-state index contributed by atoms with van der Waals surface area (Å²) in [6.07, 6.45) is 0. The fraction of sp³-hybridized carbons (Fsp3) is 0. The number of hydrogen-bond donors (Lipinski definition) is 0. The van der Waals surface area contributed by atoms with Gasteiger partial charge in [0.15, 0.2) is 17.5 Å². The summed E-state index contributed by atoms with van der Waals surface area (Å²) in [5.74, 6) is 1.85. The van der Waals surface area contributed by atoms with E-state index in [1.165, 1.54) is 0 Å². The third kappa shape index (κ3) is 4.55. The van der Waals surface area contributed by atoms with Crippen molar-refractivity contribution in [2.45, 2.75) is 0 Å². The fourth-order valence-electron chi connectivity index (χ4n) is 5.69. The summed E-state index contributed by atoms with van der Waals surface area (Å²) in [5, 5.41) is 2.02. The summed E-state index contributed by atoms with van der Waals surface area (Å²) < 4.78 is 6.52. The number of furan rings is 1. The molecule has 0 saturated carbocycles. The zero-order chi connectivity index (χ0) is 28.6. The molecule has 8 rings (SSSR count). The first-order chi connectivity index (χ1) is 21.3. The van der Waals surface area contributed by atoms with Crippen LogP contribution in [0.25, 0.3) is 78.4 Å². The number of para-hydroxylation sites is 1. The van der Waals surface area contributed by atoms with Crippen molar-refractivity contribution in [1.29, 1.82) is 0 Å². The van der Waals surface area contributed by atoms with E-state index >= 15 is 0 Å². The fourth-order valence-corrected chi connectivity index (χ4v) is 5.69. The van der Waals surface area contributed by atoms with Crippen molar-refractivity contribution in [1.82, 2.24) is 15.0 Å². The van der Waals surface area contributed by atoms with E-state index in [1.807, 2.05) is 66.7 Å². The first kappa shape index (κ1) is 24.9. The summed E-state index contributed by atoms with van der Waals surface area (Å²) in [5.41, 5.74) is 8.83. The van der Waals surface area contributed by atoms with Gasteiger partial charge in [0.25, 0.3) is 0 Å². The average molecular weight is 552 g/mol. The lowest BCUT2D eigenvalue weighted by atomic mass is 10.0. The number of fused-ring (bicyclic) bond motifs is 3. The molecular weight excluding hydrogens is 526 g/mol. The largest absolute Gasteiger partial charge is 0.455 e. The summed E-state index contributed by atoms with van der Waals surface area (Å²) >= 11 is 0. The second kappa shape index (κ2) is 10.5. The zero-order valence-electron chi connectivity index (χ0n) is 23.2. The highest BCUT2D eigenvalue weighted by atomic mass is 16.3. The van der Waals surface area contributed by atoms with Crippen LogP contribution in [0, 0.1) is 0 Å². The Bertz CT molecular complexity index is 2220. The average Bonchev–Trinajstić information content (AvgIpc) is 3.49. The normalized spacial score (nSPS) is 11.3. The Morgan fingerprint density at radius 3 is 1.65 bits per heavy atom. The lowest BCUT2D eigenvalue weighted by molar-refractivity contribution is 0.670. The topological polar surface area (TPSA) is 51.8 Å². The van der Waals surface area contributed by atoms with Gasteiger partial charge in [0.2, 0.25) is 0 Å². The van der Waals surface area contributed by atoms with E-state index in [2.05, 4.69) is 84.9 Å². The van der Waals surface area contributed by atoms with Gasteiger partial charge < -0.3 is 4.42 Å². The lowest BCUT2D eigenvalue weighted by Gasteiger charge is -2.10. The summed E-state index contributed by atoms with van der Waals surface area (Å²) in [4.78, 5) is 15.1. The monoisotopic (exact) mass is 551 g/mol. The van der Waals surface area contributed by atoms with Gasteiger partial charge in [0, 0.05) is 33.0 Å². The highest BCUT2D eigenvalue weighted by molar-refractivity contribution is 6.14. The molecule has 43 heavy (non-hydrogen) atoms. The summed E-state index contributed by atoms with van der Waals surface area (Å²) in [6.45, 7) is 0. The number of benzene rings is 6. The molecule has 4 nitrogen and oxygen atoms in total. The van der Waals surface area contributed by atoms with E-state index in [0.717, 1.165) is 60.9 Å². The molecule has 0 radical (unpaired) electrons. The van der Waals surface area contributed by atoms with Crippen molar-refractivity contribution in [3.05, 3.63) is 152 Å². The van der Waals surface area contributed by atoms with Crippen LogP contribution in [0.2, 0.25) is 0 Å². The quantitative estimate of drug-likeness (QED) is 0.214. The predicted molar refractivity (Wildman–Crippen MR) is 174 cm³/mol. The molecule has 4 heteroatoms. The third-order valence-corrected chi connectivity index (χ3v) is 7.74. The first-order valence-corrected chi connectivity index (χ1v) is 14.3. The van der Waals surface area contributed by atoms with Crippen LogP contribution in [-0.4, -0.2) is 15.0 Å². The summed E-state index contributed by atoms with van der Waals surface area (Å²) in [7, 11) is 0. The van der Waals surface area contributed by atoms with Crippen LogP contribution >= 0.6 is 0 Å². The maximum atomic E-state index is 6.52. The molecule has 0 aliphatic heterocycles. The predicted octanol–water partition coefficient (Wildman–Crippen LogP) is 10.1. The number of aromatic nitrogens is 3. The molecular formula is C39H25N3O. The molecule has 2 heterocycles. The maximum Gasteiger partial charge on any atom is 0.164 e. The van der Waals surface area contributed by atoms with Crippen molar-refractivity contribution in [3.63, 3.8) is 0 Å². The molecule has 0 N–H and O–H groups in total. The molecule has 0 spiro atoms. The number of hydrogen-bond acceptors (Lipinski definition) is 4. The molecule has 0 bridgehead atoms. The molecule has 0 saturated heterocycles. The van der Waals surface area contributed by atoms with E-state index in [0.29, 0.717) is 17.5 Å². The van der Waals surface area contributed by atoms with Gasteiger partial charge >= 0.3 is 0 Å². The maximum absolute atomic E-state index is 6.52. The minimum absolute atomic E-state index is 0.604. The third-order valence-electron chi connectivity index (χ3n) is 7.74. The number of nitrogens with zero attached hydrogens (tertiary/aromatic N) is 3. The van der Waals surface area contributed by atoms with Gasteiger partial charge in [-0.1, -0.05) is 140 Å². The van der Waals surface area contributed by atoms with E-state index < -0.39 is 0 Å². The Morgan fingerprint density at radius 2 is 0.907 bits per heavy atom. The molecule has 8 aromatic rings. The second-order valence-corrected chi connectivity index (χ2v) is 10.4. The minimum atomic E-state index is 0.604. The molecule has 202 valence electrons. The molecule has 0 aliphatic rings. The van der Waals surface area contributed by atoms with Gasteiger partial charge in [-0.25, -0.2) is 15.0 Å². The standard InChI is InChI=1S/C39H25N3O/c1-4-13-26(14-5-1)29-19-10-20-30(25-29)38-40-37(28-17-8-3-9-18-28)41-39(42-38)33-23-12-24-34-35(33)32-22-11-21-31(36(32)43-34)27-15-6-2-7-16-27/h1-25H. The second-order valence-electron chi connectivity index (χ2n) is 10.4. The SMILES string of the molecule is c1ccc(-c2cccc(-c3nc(-c4ccccc4)nc(-c4cccc5oc6c(-c7ccccc7)cccc6c45)n3)c2)cc1. The summed E-state index contributed by atoms with van der Waals surface area (Å²) in [6, 6.07) is 51.5. The van der Waals surface area contributed by atoms with Crippen LogP contribution in [0.15, 0.2) is 156 Å². The Morgan fingerprint density at radius 1 is 0.372 bits per heavy atom. The van der Waals surface area contributed by atoms with Gasteiger partial charge in [-0.15, -0.1) is 0 Å². The van der Waals surface area contributed by atoms with Crippen LogP contribution in [0.1, 0.15) is 0 Å². The number of rotatable bonds is 5. The molecule has 0 unspecified atom stereocenters. The van der Waals surface area contributed by atoms with Crippen LogP contribution in [0.4, 0.5) is 0 Å². The van der Waals surface area contributed by atoms with E-state index in [1.54, 1.807) is 0 Å². The van der Waals surface area contributed by atoms with E-state index in [-0.39, 0.29) is 0 Å².